The summed E-state index contributed by atoms with van der Waals surface area (Å²) in [6.45, 7) is 0. The van der Waals surface area contributed by atoms with E-state index in [0.29, 0.717) is 12.3 Å². The van der Waals surface area contributed by atoms with Crippen molar-refractivity contribution in [3.63, 3.8) is 0 Å². The highest BCUT2D eigenvalue weighted by molar-refractivity contribution is 7.89. The molecule has 1 heterocycles. The Kier molecular flexibility index (Phi) is 5.00. The van der Waals surface area contributed by atoms with Crippen LogP contribution < -0.4 is 10.5 Å². The number of rotatable bonds is 6. The van der Waals surface area contributed by atoms with Gasteiger partial charge < -0.3 is 10.3 Å². The second-order valence-electron chi connectivity index (χ2n) is 5.69. The van der Waals surface area contributed by atoms with E-state index < -0.39 is 22.0 Å². The van der Waals surface area contributed by atoms with Gasteiger partial charge in [-0.25, -0.2) is 13.4 Å². The third-order valence-corrected chi connectivity index (χ3v) is 5.25. The van der Waals surface area contributed by atoms with Gasteiger partial charge in [-0.05, 0) is 12.3 Å². The number of aromatic nitrogens is 2. The quantitative estimate of drug-likeness (QED) is 0.798. The third-order valence-electron chi connectivity index (χ3n) is 3.89. The predicted molar refractivity (Wildman–Crippen MR) is 77.7 cm³/mol. The molecule has 1 aliphatic rings. The van der Waals surface area contributed by atoms with Gasteiger partial charge in [-0.2, -0.15) is 4.72 Å². The Hall–Kier alpha value is -1.41. The van der Waals surface area contributed by atoms with Gasteiger partial charge >= 0.3 is 0 Å². The summed E-state index contributed by atoms with van der Waals surface area (Å²) in [5, 5.41) is -0.0973. The van der Waals surface area contributed by atoms with E-state index in [4.69, 9.17) is 5.73 Å². The van der Waals surface area contributed by atoms with Crippen molar-refractivity contribution in [2.45, 2.75) is 49.6 Å². The molecule has 2 rings (SSSR count). The number of imidazole rings is 1. The van der Waals surface area contributed by atoms with E-state index in [9.17, 15) is 13.2 Å². The second kappa shape index (κ2) is 6.57. The molecule has 0 unspecified atom stereocenters. The zero-order valence-corrected chi connectivity index (χ0v) is 13.0. The first kappa shape index (κ1) is 16.0. The van der Waals surface area contributed by atoms with Gasteiger partial charge in [0, 0.05) is 13.2 Å². The maximum absolute atomic E-state index is 12.2. The Labute approximate surface area is 125 Å². The fourth-order valence-corrected chi connectivity index (χ4v) is 3.95. The zero-order valence-electron chi connectivity index (χ0n) is 12.2. The van der Waals surface area contributed by atoms with E-state index in [0.717, 1.165) is 25.7 Å². The van der Waals surface area contributed by atoms with Crippen molar-refractivity contribution in [2.24, 2.45) is 18.7 Å². The number of hydrogen-bond acceptors (Lipinski definition) is 4. The van der Waals surface area contributed by atoms with Crippen molar-refractivity contribution in [3.05, 3.63) is 12.5 Å². The highest BCUT2D eigenvalue weighted by atomic mass is 32.2. The minimum Gasteiger partial charge on any atom is -0.368 e. The van der Waals surface area contributed by atoms with Crippen molar-refractivity contribution in [1.82, 2.24) is 14.3 Å². The van der Waals surface area contributed by atoms with Crippen molar-refractivity contribution < 1.29 is 13.2 Å². The summed E-state index contributed by atoms with van der Waals surface area (Å²) in [5.41, 5.74) is 5.35. The normalized spacial score (nSPS) is 18.5. The largest absolute Gasteiger partial charge is 0.368 e. The lowest BCUT2D eigenvalue weighted by Gasteiger charge is -2.25. The van der Waals surface area contributed by atoms with Crippen molar-refractivity contribution in [1.29, 1.82) is 0 Å². The van der Waals surface area contributed by atoms with Gasteiger partial charge in [-0.15, -0.1) is 0 Å². The summed E-state index contributed by atoms with van der Waals surface area (Å²) < 4.78 is 28.3. The minimum absolute atomic E-state index is 0.0973. The number of sulfonamides is 1. The molecule has 118 valence electrons. The van der Waals surface area contributed by atoms with E-state index in [2.05, 4.69) is 9.71 Å². The van der Waals surface area contributed by atoms with Gasteiger partial charge in [-0.1, -0.05) is 32.1 Å². The molecule has 7 nitrogen and oxygen atoms in total. The van der Waals surface area contributed by atoms with E-state index in [1.807, 2.05) is 0 Å². The standard InChI is InChI=1S/C13H22N4O3S/c1-17-8-12(15-9-17)21(19,20)16-11(13(14)18)7-10-5-3-2-4-6-10/h8-11,16H,2-7H2,1H3,(H2,14,18)/t11-/m0/s1. The number of hydrogen-bond donors (Lipinski definition) is 2. The monoisotopic (exact) mass is 314 g/mol. The molecule has 1 aliphatic carbocycles. The Balaban J connectivity index is 2.06. The number of nitrogens with zero attached hydrogens (tertiary/aromatic N) is 2. The van der Waals surface area contributed by atoms with Crippen LogP contribution in [0.4, 0.5) is 0 Å². The fraction of sp³-hybridized carbons (Fsp3) is 0.692. The average molecular weight is 314 g/mol. The summed E-state index contributed by atoms with van der Waals surface area (Å²) in [6.07, 6.45) is 8.76. The highest BCUT2D eigenvalue weighted by Gasteiger charge is 2.28. The topological polar surface area (TPSA) is 107 Å². The van der Waals surface area contributed by atoms with Crippen LogP contribution in [0, 0.1) is 5.92 Å². The summed E-state index contributed by atoms with van der Waals surface area (Å²) >= 11 is 0. The van der Waals surface area contributed by atoms with Crippen LogP contribution >= 0.6 is 0 Å². The van der Waals surface area contributed by atoms with Gasteiger partial charge in [0.25, 0.3) is 10.0 Å². The number of carbonyl (C=O) groups excluding carboxylic acids is 1. The molecule has 8 heteroatoms. The van der Waals surface area contributed by atoms with Crippen LogP contribution in [0.15, 0.2) is 17.6 Å². The lowest BCUT2D eigenvalue weighted by Crippen LogP contribution is -2.45. The molecule has 1 amide bonds. The molecule has 0 radical (unpaired) electrons. The molecule has 1 aromatic heterocycles. The second-order valence-corrected chi connectivity index (χ2v) is 7.35. The number of nitrogens with two attached hydrogens (primary N) is 1. The van der Waals surface area contributed by atoms with Crippen molar-refractivity contribution in [2.75, 3.05) is 0 Å². The Morgan fingerprint density at radius 1 is 1.48 bits per heavy atom. The van der Waals surface area contributed by atoms with Gasteiger partial charge in [0.1, 0.15) is 6.04 Å². The molecule has 3 N–H and O–H groups in total. The van der Waals surface area contributed by atoms with Crippen molar-refractivity contribution in [3.8, 4) is 0 Å². The lowest BCUT2D eigenvalue weighted by atomic mass is 9.85. The molecule has 0 saturated heterocycles. The first-order valence-corrected chi connectivity index (χ1v) is 8.66. The van der Waals surface area contributed by atoms with Crippen molar-refractivity contribution >= 4 is 15.9 Å². The summed E-state index contributed by atoms with van der Waals surface area (Å²) in [6, 6.07) is -0.875. The maximum Gasteiger partial charge on any atom is 0.260 e. The molecule has 0 aromatic carbocycles. The number of carbonyl (C=O) groups is 1. The SMILES string of the molecule is Cn1cnc(S(=O)(=O)N[C@@H](CC2CCCCC2)C(N)=O)c1. The first-order valence-electron chi connectivity index (χ1n) is 7.18. The molecule has 1 fully saturated rings. The van der Waals surface area contributed by atoms with Crippen LogP contribution in [0.3, 0.4) is 0 Å². The Morgan fingerprint density at radius 3 is 2.67 bits per heavy atom. The van der Waals surface area contributed by atoms with E-state index in [-0.39, 0.29) is 5.03 Å². The van der Waals surface area contributed by atoms with Crippen LogP contribution in [-0.2, 0) is 21.9 Å². The first-order chi connectivity index (χ1) is 9.88. The van der Waals surface area contributed by atoms with Crippen LogP contribution in [0.5, 0.6) is 0 Å². The summed E-state index contributed by atoms with van der Waals surface area (Å²) in [7, 11) is -2.14. The predicted octanol–water partition coefficient (Wildman–Crippen LogP) is 0.523. The van der Waals surface area contributed by atoms with Gasteiger partial charge in [0.05, 0.1) is 6.33 Å². The zero-order chi connectivity index (χ0) is 15.5. The van der Waals surface area contributed by atoms with Crippen LogP contribution in [0.2, 0.25) is 0 Å². The Bertz CT molecular complexity index is 590. The minimum atomic E-state index is -3.82. The molecule has 21 heavy (non-hydrogen) atoms. The summed E-state index contributed by atoms with van der Waals surface area (Å²) in [4.78, 5) is 15.4. The lowest BCUT2D eigenvalue weighted by molar-refractivity contribution is -0.120. The number of nitrogens with one attached hydrogen (secondary N) is 1. The van der Waals surface area contributed by atoms with Crippen LogP contribution in [-0.4, -0.2) is 29.9 Å². The Morgan fingerprint density at radius 2 is 2.14 bits per heavy atom. The molecule has 0 aliphatic heterocycles. The fourth-order valence-electron chi connectivity index (χ4n) is 2.75. The third kappa shape index (κ3) is 4.28. The molecule has 1 atom stereocenters. The van der Waals surface area contributed by atoms with Gasteiger partial charge in [-0.3, -0.25) is 4.79 Å². The maximum atomic E-state index is 12.2. The van der Waals surface area contributed by atoms with Crippen LogP contribution in [0.25, 0.3) is 0 Å². The highest BCUT2D eigenvalue weighted by Crippen LogP contribution is 2.27. The number of amides is 1. The number of primary amides is 1. The van der Waals surface area contributed by atoms with Crippen LogP contribution in [0.1, 0.15) is 38.5 Å². The van der Waals surface area contributed by atoms with Gasteiger partial charge in [0.2, 0.25) is 5.91 Å². The molecular weight excluding hydrogens is 292 g/mol. The molecule has 0 spiro atoms. The smallest absolute Gasteiger partial charge is 0.260 e. The van der Waals surface area contributed by atoms with E-state index in [1.165, 1.54) is 23.5 Å². The molecular formula is C13H22N4O3S. The molecule has 0 bridgehead atoms. The van der Waals surface area contributed by atoms with E-state index in [1.54, 1.807) is 7.05 Å². The number of aryl methyl sites for hydroxylation is 1. The van der Waals surface area contributed by atoms with Gasteiger partial charge in [0.15, 0.2) is 5.03 Å². The van der Waals surface area contributed by atoms with E-state index >= 15 is 0 Å². The summed E-state index contributed by atoms with van der Waals surface area (Å²) in [5.74, 6) is -0.289. The molecule has 1 saturated carbocycles. The average Bonchev–Trinajstić information content (AvgIpc) is 2.86. The molecule has 1 aromatic rings.